The van der Waals surface area contributed by atoms with Crippen LogP contribution >= 0.6 is 11.3 Å². The Morgan fingerprint density at radius 1 is 0.944 bits per heavy atom. The van der Waals surface area contributed by atoms with Crippen molar-refractivity contribution in [2.45, 2.75) is 18.8 Å². The van der Waals surface area contributed by atoms with Crippen LogP contribution in [0.4, 0.5) is 25.1 Å². The van der Waals surface area contributed by atoms with E-state index in [9.17, 15) is 18.4 Å². The van der Waals surface area contributed by atoms with Gasteiger partial charge in [0.2, 0.25) is 0 Å². The molecule has 2 aliphatic heterocycles. The van der Waals surface area contributed by atoms with E-state index < -0.39 is 17.5 Å². The number of likely N-dealkylation sites (tertiary alicyclic amines) is 1. The van der Waals surface area contributed by atoms with Crippen LogP contribution in [0.2, 0.25) is 0 Å². The summed E-state index contributed by atoms with van der Waals surface area (Å²) >= 11 is 1.41. The van der Waals surface area contributed by atoms with Crippen molar-refractivity contribution in [3.05, 3.63) is 70.3 Å². The number of carbonyl (C=O) groups excluding carboxylic acids is 2. The molecule has 0 radical (unpaired) electrons. The molecule has 0 aliphatic carbocycles. The Labute approximate surface area is 211 Å². The number of nitrogens with one attached hydrogen (secondary N) is 1. The van der Waals surface area contributed by atoms with E-state index in [-0.39, 0.29) is 23.3 Å². The van der Waals surface area contributed by atoms with Crippen molar-refractivity contribution in [1.82, 2.24) is 19.8 Å². The SMILES string of the molecule is O=C(Nc1ccc(F)c(F)c1)c1csc(C2CCN(C(=O)N3CCN(c4ccccn4)CC3)CC2)n1. The van der Waals surface area contributed by atoms with Gasteiger partial charge in [0.25, 0.3) is 5.91 Å². The van der Waals surface area contributed by atoms with Crippen molar-refractivity contribution in [3.8, 4) is 0 Å². The van der Waals surface area contributed by atoms with Crippen molar-refractivity contribution in [3.63, 3.8) is 0 Å². The van der Waals surface area contributed by atoms with E-state index in [4.69, 9.17) is 0 Å². The third-order valence-electron chi connectivity index (χ3n) is 6.57. The number of piperazine rings is 1. The Balaban J connectivity index is 1.11. The maximum atomic E-state index is 13.4. The number of thiazole rings is 1. The van der Waals surface area contributed by atoms with Gasteiger partial charge in [-0.1, -0.05) is 6.07 Å². The fourth-order valence-corrected chi connectivity index (χ4v) is 5.51. The second-order valence-electron chi connectivity index (χ2n) is 8.86. The summed E-state index contributed by atoms with van der Waals surface area (Å²) in [5, 5.41) is 5.07. The Kier molecular flexibility index (Phi) is 7.08. The number of benzene rings is 1. The van der Waals surface area contributed by atoms with Crippen LogP contribution < -0.4 is 10.2 Å². The Morgan fingerprint density at radius 2 is 1.69 bits per heavy atom. The van der Waals surface area contributed by atoms with Crippen LogP contribution in [0, 0.1) is 11.6 Å². The molecule has 0 unspecified atom stereocenters. The molecule has 2 aromatic heterocycles. The molecule has 8 nitrogen and oxygen atoms in total. The number of anilines is 2. The predicted molar refractivity (Wildman–Crippen MR) is 133 cm³/mol. The fourth-order valence-electron chi connectivity index (χ4n) is 4.53. The van der Waals surface area contributed by atoms with Crippen molar-refractivity contribution in [1.29, 1.82) is 0 Å². The number of hydrogen-bond acceptors (Lipinski definition) is 6. The number of piperidine rings is 1. The molecular formula is C25H26F2N6O2S. The van der Waals surface area contributed by atoms with Gasteiger partial charge >= 0.3 is 6.03 Å². The molecule has 0 spiro atoms. The monoisotopic (exact) mass is 512 g/mol. The summed E-state index contributed by atoms with van der Waals surface area (Å²) in [5.74, 6) is -1.36. The third-order valence-corrected chi connectivity index (χ3v) is 7.58. The summed E-state index contributed by atoms with van der Waals surface area (Å²) in [4.78, 5) is 40.4. The van der Waals surface area contributed by atoms with Gasteiger partial charge in [0, 0.05) is 68.5 Å². The Morgan fingerprint density at radius 3 is 2.39 bits per heavy atom. The lowest BCUT2D eigenvalue weighted by molar-refractivity contribution is 0.102. The van der Waals surface area contributed by atoms with Gasteiger partial charge < -0.3 is 20.0 Å². The lowest BCUT2D eigenvalue weighted by atomic mass is 9.98. The van der Waals surface area contributed by atoms with E-state index in [1.54, 1.807) is 11.6 Å². The highest BCUT2D eigenvalue weighted by atomic mass is 32.1. The molecule has 1 aromatic carbocycles. The maximum Gasteiger partial charge on any atom is 0.320 e. The first-order chi connectivity index (χ1) is 17.5. The number of pyridine rings is 1. The van der Waals surface area contributed by atoms with E-state index in [1.807, 2.05) is 28.0 Å². The van der Waals surface area contributed by atoms with Gasteiger partial charge in [-0.05, 0) is 37.1 Å². The van der Waals surface area contributed by atoms with Crippen LogP contribution in [0.25, 0.3) is 0 Å². The number of amides is 3. The minimum Gasteiger partial charge on any atom is -0.353 e. The molecule has 188 valence electrons. The number of urea groups is 1. The van der Waals surface area contributed by atoms with Crippen LogP contribution in [0.5, 0.6) is 0 Å². The van der Waals surface area contributed by atoms with Gasteiger partial charge in [-0.3, -0.25) is 4.79 Å². The summed E-state index contributed by atoms with van der Waals surface area (Å²) in [7, 11) is 0. The minimum atomic E-state index is -1.02. The van der Waals surface area contributed by atoms with Crippen LogP contribution in [0.15, 0.2) is 48.0 Å². The molecule has 5 rings (SSSR count). The molecule has 3 aromatic rings. The van der Waals surface area contributed by atoms with Crippen molar-refractivity contribution in [2.75, 3.05) is 49.5 Å². The summed E-state index contributed by atoms with van der Waals surface area (Å²) in [6.07, 6.45) is 3.33. The van der Waals surface area contributed by atoms with Crippen molar-refractivity contribution < 1.29 is 18.4 Å². The van der Waals surface area contributed by atoms with E-state index in [0.29, 0.717) is 26.2 Å². The quantitative estimate of drug-likeness (QED) is 0.567. The smallest absolute Gasteiger partial charge is 0.320 e. The highest BCUT2D eigenvalue weighted by Gasteiger charge is 2.30. The normalized spacial score (nSPS) is 16.8. The number of carbonyl (C=O) groups is 2. The Bertz CT molecular complexity index is 1220. The molecule has 0 atom stereocenters. The molecule has 36 heavy (non-hydrogen) atoms. The van der Waals surface area contributed by atoms with Crippen LogP contribution in [-0.2, 0) is 0 Å². The lowest BCUT2D eigenvalue weighted by Gasteiger charge is -2.39. The van der Waals surface area contributed by atoms with E-state index in [2.05, 4.69) is 20.2 Å². The number of aromatic nitrogens is 2. The molecule has 3 amide bonds. The highest BCUT2D eigenvalue weighted by molar-refractivity contribution is 7.10. The minimum absolute atomic E-state index is 0.0693. The highest BCUT2D eigenvalue weighted by Crippen LogP contribution is 2.31. The van der Waals surface area contributed by atoms with Gasteiger partial charge in [0.05, 0.1) is 5.01 Å². The van der Waals surface area contributed by atoms with Crippen molar-refractivity contribution in [2.24, 2.45) is 0 Å². The molecule has 2 aliphatic rings. The van der Waals surface area contributed by atoms with Crippen LogP contribution in [-0.4, -0.2) is 71.0 Å². The maximum absolute atomic E-state index is 13.4. The van der Waals surface area contributed by atoms with Gasteiger partial charge in [-0.2, -0.15) is 0 Å². The van der Waals surface area contributed by atoms with E-state index in [0.717, 1.165) is 48.9 Å². The largest absolute Gasteiger partial charge is 0.353 e. The first-order valence-electron chi connectivity index (χ1n) is 11.9. The average molecular weight is 513 g/mol. The van der Waals surface area contributed by atoms with Gasteiger partial charge in [0.15, 0.2) is 11.6 Å². The van der Waals surface area contributed by atoms with Crippen LogP contribution in [0.3, 0.4) is 0 Å². The molecule has 0 saturated carbocycles. The summed E-state index contributed by atoms with van der Waals surface area (Å²) < 4.78 is 26.5. The van der Waals surface area contributed by atoms with Gasteiger partial charge in [-0.25, -0.2) is 23.5 Å². The summed E-state index contributed by atoms with van der Waals surface area (Å²) in [6.45, 7) is 4.12. The number of hydrogen-bond donors (Lipinski definition) is 1. The lowest BCUT2D eigenvalue weighted by Crippen LogP contribution is -2.54. The number of nitrogens with zero attached hydrogens (tertiary/aromatic N) is 5. The summed E-state index contributed by atoms with van der Waals surface area (Å²) in [6, 6.07) is 9.12. The van der Waals surface area contributed by atoms with Crippen molar-refractivity contribution >= 4 is 34.8 Å². The molecule has 2 fully saturated rings. The zero-order valence-electron chi connectivity index (χ0n) is 19.6. The fraction of sp³-hybridized carbons (Fsp3) is 0.360. The third kappa shape index (κ3) is 5.30. The van der Waals surface area contributed by atoms with E-state index in [1.165, 1.54) is 17.4 Å². The second kappa shape index (κ2) is 10.6. The number of rotatable bonds is 4. The molecular weight excluding hydrogens is 486 g/mol. The molecule has 2 saturated heterocycles. The summed E-state index contributed by atoms with van der Waals surface area (Å²) in [5.41, 5.74) is 0.408. The zero-order chi connectivity index (χ0) is 25.1. The molecule has 4 heterocycles. The topological polar surface area (TPSA) is 81.7 Å². The van der Waals surface area contributed by atoms with Crippen LogP contribution in [0.1, 0.15) is 34.3 Å². The number of halogens is 2. The molecule has 1 N–H and O–H groups in total. The molecule has 0 bridgehead atoms. The second-order valence-corrected chi connectivity index (χ2v) is 9.75. The first-order valence-corrected chi connectivity index (χ1v) is 12.8. The van der Waals surface area contributed by atoms with Gasteiger partial charge in [-0.15, -0.1) is 11.3 Å². The van der Waals surface area contributed by atoms with Gasteiger partial charge in [0.1, 0.15) is 11.5 Å². The average Bonchev–Trinajstić information content (AvgIpc) is 3.42. The van der Waals surface area contributed by atoms with E-state index >= 15 is 0 Å². The Hall–Kier alpha value is -3.60. The standard InChI is InChI=1S/C25H26F2N6O2S/c26-19-5-4-18(15-20(19)27)29-23(34)21-16-36-24(30-21)17-6-9-32(10-7-17)25(35)33-13-11-31(12-14-33)22-3-1-2-8-28-22/h1-5,8,15-17H,6-7,9-14H2,(H,29,34). The zero-order valence-corrected chi connectivity index (χ0v) is 20.4. The first kappa shape index (κ1) is 24.1. The molecule has 11 heteroatoms. The predicted octanol–water partition coefficient (Wildman–Crippen LogP) is 4.19.